The first-order chi connectivity index (χ1) is 54.0. The Morgan fingerprint density at radius 2 is 0.861 bits per heavy atom. The monoisotopic (exact) mass is 1660 g/mol. The third-order valence-electron chi connectivity index (χ3n) is 17.7. The maximum Gasteiger partial charge on any atom is 0.469 e. The minimum atomic E-state index is -5.34. The number of aromatic hydroxyl groups is 2. The van der Waals surface area contributed by atoms with Crippen LogP contribution in [0.25, 0.3) is 0 Å². The Bertz CT molecular complexity index is 3880. The quantitative estimate of drug-likeness (QED) is 0.0234. The number of aliphatic carboxylic acids is 3. The van der Waals surface area contributed by atoms with E-state index in [1.807, 2.05) is 0 Å². The van der Waals surface area contributed by atoms with Gasteiger partial charge < -0.3 is 125 Å². The first kappa shape index (κ1) is 98.3. The molecule has 636 valence electrons. The average molecular weight is 1660 g/mol. The average Bonchev–Trinajstić information content (AvgIpc) is 0.841. The van der Waals surface area contributed by atoms with Crippen molar-refractivity contribution in [3.8, 4) is 11.5 Å². The van der Waals surface area contributed by atoms with E-state index in [-0.39, 0.29) is 49.2 Å². The third-order valence-corrected chi connectivity index (χ3v) is 18.8. The molecule has 0 aliphatic heterocycles. The summed E-state index contributed by atoms with van der Waals surface area (Å²) in [5.74, 6) is -21.5. The number of carbonyl (C=O) groups is 16. The number of nitrogens with one attached hydrogen (secondary N) is 13. The Hall–Kier alpha value is -10.9. The molecule has 42 nitrogen and oxygen atoms in total. The van der Waals surface area contributed by atoms with Crippen molar-refractivity contribution in [2.45, 2.75) is 184 Å². The highest BCUT2D eigenvalue weighted by molar-refractivity contribution is 7.98. The number of nitrogens with two attached hydrogens (primary N) is 1. The molecule has 0 fully saturated rings. The lowest BCUT2D eigenvalue weighted by molar-refractivity contribution is -0.142. The van der Waals surface area contributed by atoms with Gasteiger partial charge in [0.1, 0.15) is 84.0 Å². The fourth-order valence-corrected chi connectivity index (χ4v) is 11.5. The van der Waals surface area contributed by atoms with Crippen LogP contribution >= 0.6 is 19.6 Å². The van der Waals surface area contributed by atoms with Crippen LogP contribution in [0.1, 0.15) is 96.8 Å². The second-order valence-electron chi connectivity index (χ2n) is 26.8. The second kappa shape index (κ2) is 49.0. The molecule has 0 saturated carbocycles. The van der Waals surface area contributed by atoms with Crippen LogP contribution in [-0.2, 0) is 105 Å². The van der Waals surface area contributed by atoms with E-state index in [2.05, 4.69) is 73.6 Å². The summed E-state index contributed by atoms with van der Waals surface area (Å²) < 4.78 is 16.1. The molecule has 0 aliphatic rings. The smallest absolute Gasteiger partial charge is 0.469 e. The Morgan fingerprint density at radius 3 is 1.34 bits per heavy atom. The number of benzene rings is 3. The highest BCUT2D eigenvalue weighted by atomic mass is 32.2. The van der Waals surface area contributed by atoms with Gasteiger partial charge in [0.25, 0.3) is 0 Å². The number of hydrogen-bond donors (Lipinski definition) is 24. The van der Waals surface area contributed by atoms with E-state index in [1.165, 1.54) is 74.1 Å². The van der Waals surface area contributed by atoms with Gasteiger partial charge in [-0.15, -0.1) is 0 Å². The summed E-state index contributed by atoms with van der Waals surface area (Å²) in [6.45, 7) is 3.90. The van der Waals surface area contributed by atoms with Gasteiger partial charge in [0.15, 0.2) is 0 Å². The fraction of sp³-hybridized carbons (Fsp3) is 0.521. The molecule has 0 spiro atoms. The number of thioether (sulfide) groups is 1. The normalized spacial score (nSPS) is 15.4. The minimum absolute atomic E-state index is 0.0648. The van der Waals surface area contributed by atoms with Crippen molar-refractivity contribution >= 4 is 114 Å². The van der Waals surface area contributed by atoms with E-state index in [4.69, 9.17) is 5.73 Å². The molecule has 0 radical (unpaired) electrons. The van der Waals surface area contributed by atoms with E-state index in [0.29, 0.717) is 16.9 Å². The molecule has 0 bridgehead atoms. The lowest BCUT2D eigenvalue weighted by Gasteiger charge is -2.29. The number of carboxylic acid groups (broad SMARTS) is 3. The highest BCUT2D eigenvalue weighted by Gasteiger charge is 2.40. The Labute approximate surface area is 664 Å². The number of aliphatic hydroxyl groups is 3. The van der Waals surface area contributed by atoms with Gasteiger partial charge in [-0.25, -0.2) is 9.36 Å². The van der Waals surface area contributed by atoms with Gasteiger partial charge >= 0.3 is 25.7 Å². The maximum absolute atomic E-state index is 14.5. The summed E-state index contributed by atoms with van der Waals surface area (Å²) in [6, 6.07) is -4.27. The third kappa shape index (κ3) is 35.2. The molecule has 25 N–H and O–H groups in total. The van der Waals surface area contributed by atoms with Gasteiger partial charge in [-0.05, 0) is 97.9 Å². The fourth-order valence-electron chi connectivity index (χ4n) is 10.7. The molecular formula is C71H103N14O28PS. The second-order valence-corrected chi connectivity index (χ2v) is 29.0. The molecule has 0 unspecified atom stereocenters. The number of carbonyl (C=O) groups excluding carboxylic acids is 13. The summed E-state index contributed by atoms with van der Waals surface area (Å²) >= 11 is 1.34. The topological polar surface area (TPSA) is 684 Å². The molecule has 3 aromatic rings. The largest absolute Gasteiger partial charge is 0.508 e. The van der Waals surface area contributed by atoms with Crippen molar-refractivity contribution in [2.24, 2.45) is 17.6 Å². The van der Waals surface area contributed by atoms with Crippen LogP contribution in [-0.4, -0.2) is 268 Å². The summed E-state index contributed by atoms with van der Waals surface area (Å²) in [7, 11) is -5.34. The van der Waals surface area contributed by atoms with Gasteiger partial charge in [0.2, 0.25) is 76.8 Å². The summed E-state index contributed by atoms with van der Waals surface area (Å²) in [5.41, 5.74) is 7.07. The van der Waals surface area contributed by atoms with Crippen molar-refractivity contribution in [1.82, 2.24) is 69.1 Å². The lowest BCUT2D eigenvalue weighted by Crippen LogP contribution is -2.63. The standard InChI is InChI=1S/C71H103N14O28PS/c1-8-35(3)56(68(105)74-37(5)59(96)76-46(71(108)109)25-26-115-7)85-66(103)51(33-87)80-62(99)47(29-41-17-21-43(90)22-18-41)77-63(100)49(30-55(94)95)78-65(102)50(32-86)81-69(106)57(36(4)9-2)84-64(101)48(28-39-13-11-10-12-14-39)79-70(107)58(38(6)88)83-53(91)31-73-61(98)45(23-24-54(92)93)75-67(104)52(34-113-114(110,111)112)82-60(97)44(72)27-40-15-19-42(89)20-16-40/h10-22,35-38,44-52,56-58,86-90H,8-9,23-34,72H2,1-7H3,(H,73,98)(H,74,105)(H,75,104)(H,76,96)(H,77,100)(H,78,102)(H,79,107)(H,80,99)(H,81,106)(H,82,97)(H,83,91)(H,84,101)(H,85,103)(H,92,93)(H,94,95)(H,108,109)(H2,110,111,112)/t35-,36-,37-,38+,44-,45-,46-,47-,48-,49-,50-,51-,52-,56-,57-,58-/m0/s1. The summed E-state index contributed by atoms with van der Waals surface area (Å²) in [6.07, 6.45) is -3.43. The van der Waals surface area contributed by atoms with Crippen LogP contribution in [0.2, 0.25) is 0 Å². The number of phenols is 2. The zero-order chi connectivity index (χ0) is 86.6. The molecule has 44 heteroatoms. The molecule has 115 heavy (non-hydrogen) atoms. The van der Waals surface area contributed by atoms with Gasteiger partial charge in [-0.2, -0.15) is 11.8 Å². The van der Waals surface area contributed by atoms with Crippen LogP contribution in [0.4, 0.5) is 0 Å². The number of hydrogen-bond acceptors (Lipinski definition) is 25. The first-order valence-corrected chi connectivity index (χ1v) is 39.0. The van der Waals surface area contributed by atoms with E-state index >= 15 is 0 Å². The molecule has 0 aromatic heterocycles. The number of carboxylic acids is 3. The molecule has 3 rings (SSSR count). The van der Waals surface area contributed by atoms with Crippen molar-refractivity contribution in [1.29, 1.82) is 0 Å². The maximum atomic E-state index is 14.5. The van der Waals surface area contributed by atoms with E-state index in [9.17, 15) is 132 Å². The first-order valence-electron chi connectivity index (χ1n) is 36.1. The molecule has 0 aliphatic carbocycles. The number of aliphatic hydroxyl groups excluding tert-OH is 3. The summed E-state index contributed by atoms with van der Waals surface area (Å²) in [5, 5.41) is 110. The van der Waals surface area contributed by atoms with Crippen molar-refractivity contribution < 1.29 is 136 Å². The predicted molar refractivity (Wildman–Crippen MR) is 406 cm³/mol. The van der Waals surface area contributed by atoms with Crippen molar-refractivity contribution in [2.75, 3.05) is 38.4 Å². The number of phosphoric ester groups is 1. The van der Waals surface area contributed by atoms with Crippen LogP contribution in [0.15, 0.2) is 78.9 Å². The van der Waals surface area contributed by atoms with Gasteiger partial charge in [0.05, 0.1) is 44.9 Å². The van der Waals surface area contributed by atoms with Gasteiger partial charge in [-0.1, -0.05) is 95.1 Å². The molecule has 0 saturated heterocycles. The lowest BCUT2D eigenvalue weighted by atomic mass is 9.96. The molecule has 16 atom stereocenters. The molecule has 13 amide bonds. The minimum Gasteiger partial charge on any atom is -0.508 e. The number of rotatable bonds is 51. The van der Waals surface area contributed by atoms with Crippen molar-refractivity contribution in [3.63, 3.8) is 0 Å². The Morgan fingerprint density at radius 1 is 0.452 bits per heavy atom. The van der Waals surface area contributed by atoms with E-state index in [1.54, 1.807) is 57.4 Å². The molecular weight excluding hydrogens is 1560 g/mol. The Balaban J connectivity index is 1.86. The SMILES string of the molecule is CC[C@H](C)[C@H](NC(=O)[C@H](CO)NC(=O)[C@H](Cc1ccc(O)cc1)NC(=O)[C@H](CC(=O)O)NC(=O)[C@H](CO)NC(=O)[C@@H](NC(=O)[C@H](Cc1ccccc1)NC(=O)[C@@H](NC(=O)CNC(=O)[C@H](CCC(=O)O)NC(=O)[C@H](COP(=O)(O)O)NC(=O)[C@@H](N)Cc1ccc(O)cc1)[C@@H](C)O)[C@@H](C)CC)C(=O)N[C@@H](C)C(=O)N[C@@H](CCSC)C(=O)O. The van der Waals surface area contributed by atoms with E-state index < -0.39 is 251 Å². The van der Waals surface area contributed by atoms with E-state index in [0.717, 1.165) is 6.92 Å². The van der Waals surface area contributed by atoms with Crippen LogP contribution in [0, 0.1) is 11.8 Å². The summed E-state index contributed by atoms with van der Waals surface area (Å²) in [4.78, 5) is 235. The van der Waals surface area contributed by atoms with Crippen molar-refractivity contribution in [3.05, 3.63) is 95.6 Å². The van der Waals surface area contributed by atoms with Gasteiger partial charge in [-0.3, -0.25) is 76.4 Å². The number of phosphoric acid groups is 1. The zero-order valence-electron chi connectivity index (χ0n) is 63.9. The van der Waals surface area contributed by atoms with Crippen LogP contribution < -0.4 is 74.9 Å². The van der Waals surface area contributed by atoms with Gasteiger partial charge in [0, 0.05) is 19.3 Å². The number of phenolic OH excluding ortho intramolecular Hbond substituents is 2. The van der Waals surface area contributed by atoms with Crippen LogP contribution in [0.3, 0.4) is 0 Å². The number of amides is 13. The molecule has 3 aromatic carbocycles. The predicted octanol–water partition coefficient (Wildman–Crippen LogP) is -5.85. The zero-order valence-corrected chi connectivity index (χ0v) is 65.6. The molecule has 0 heterocycles. The highest BCUT2D eigenvalue weighted by Crippen LogP contribution is 2.35. The van der Waals surface area contributed by atoms with Crippen LogP contribution in [0.5, 0.6) is 11.5 Å². The Kier molecular flexibility index (Phi) is 41.9.